The molecule has 6 heteroatoms. The molecular formula is C28H50O6. The number of hydrogen-bond donors (Lipinski definition) is 0. The van der Waals surface area contributed by atoms with Crippen LogP contribution in [-0.2, 0) is 28.5 Å². The standard InChI is InChI=1S/C28H50O6/c1-11-25(8,20(6)7)24(29)34-28-14-21-12-26(16-28,32-22(30-9)18(2)3)15-27(13-21,17-28)33-23(31-10)19(4)5/h18-23H,11-17H2,1-10H3. The van der Waals surface area contributed by atoms with E-state index >= 15 is 0 Å². The summed E-state index contributed by atoms with van der Waals surface area (Å²) in [5.74, 6) is 0.939. The van der Waals surface area contributed by atoms with Gasteiger partial charge in [-0.3, -0.25) is 4.79 Å². The number of ether oxygens (including phenoxy) is 5. The molecule has 4 rings (SSSR count). The predicted molar refractivity (Wildman–Crippen MR) is 132 cm³/mol. The van der Waals surface area contributed by atoms with Gasteiger partial charge in [0.2, 0.25) is 0 Å². The predicted octanol–water partition coefficient (Wildman–Crippen LogP) is 6.11. The normalized spacial score (nSPS) is 36.2. The van der Waals surface area contributed by atoms with Crippen LogP contribution in [0.5, 0.6) is 0 Å². The molecule has 0 radical (unpaired) electrons. The van der Waals surface area contributed by atoms with Crippen LogP contribution in [0.25, 0.3) is 0 Å². The van der Waals surface area contributed by atoms with Crippen LogP contribution < -0.4 is 0 Å². The van der Waals surface area contributed by atoms with Gasteiger partial charge >= 0.3 is 5.97 Å². The highest BCUT2D eigenvalue weighted by molar-refractivity contribution is 5.77. The summed E-state index contributed by atoms with van der Waals surface area (Å²) >= 11 is 0. The Morgan fingerprint density at radius 3 is 1.59 bits per heavy atom. The first-order valence-electron chi connectivity index (χ1n) is 13.4. The smallest absolute Gasteiger partial charge is 0.312 e. The molecule has 0 aromatic carbocycles. The van der Waals surface area contributed by atoms with Crippen molar-refractivity contribution in [3.05, 3.63) is 0 Å². The highest BCUT2D eigenvalue weighted by Crippen LogP contribution is 2.64. The van der Waals surface area contributed by atoms with Crippen molar-refractivity contribution >= 4 is 5.97 Å². The van der Waals surface area contributed by atoms with E-state index in [1.165, 1.54) is 0 Å². The third-order valence-corrected chi connectivity index (χ3v) is 8.98. The van der Waals surface area contributed by atoms with E-state index in [1.807, 2.05) is 6.92 Å². The number of carbonyl (C=O) groups is 1. The molecule has 6 nitrogen and oxygen atoms in total. The number of esters is 1. The molecule has 4 bridgehead atoms. The van der Waals surface area contributed by atoms with Gasteiger partial charge in [0.15, 0.2) is 12.6 Å². The molecule has 0 spiro atoms. The van der Waals surface area contributed by atoms with E-state index in [0.717, 1.165) is 32.1 Å². The van der Waals surface area contributed by atoms with Gasteiger partial charge in [-0.05, 0) is 44.4 Å². The zero-order chi connectivity index (χ0) is 25.5. The summed E-state index contributed by atoms with van der Waals surface area (Å²) in [5, 5.41) is 0. The minimum atomic E-state index is -0.577. The molecule has 34 heavy (non-hydrogen) atoms. The third-order valence-electron chi connectivity index (χ3n) is 8.98. The molecule has 4 aliphatic carbocycles. The van der Waals surface area contributed by atoms with Crippen LogP contribution in [0.15, 0.2) is 0 Å². The summed E-state index contributed by atoms with van der Waals surface area (Å²) in [5.41, 5.74) is -1.95. The van der Waals surface area contributed by atoms with E-state index in [9.17, 15) is 4.79 Å². The number of methoxy groups -OCH3 is 2. The van der Waals surface area contributed by atoms with Crippen molar-refractivity contribution in [2.24, 2.45) is 29.1 Å². The van der Waals surface area contributed by atoms with Crippen LogP contribution in [0.1, 0.15) is 100 Å². The van der Waals surface area contributed by atoms with Crippen molar-refractivity contribution in [2.45, 2.75) is 130 Å². The van der Waals surface area contributed by atoms with Crippen molar-refractivity contribution in [3.63, 3.8) is 0 Å². The summed E-state index contributed by atoms with van der Waals surface area (Å²) in [6, 6.07) is 0. The molecule has 0 N–H and O–H groups in total. The maximum Gasteiger partial charge on any atom is 0.312 e. The lowest BCUT2D eigenvalue weighted by Gasteiger charge is -2.65. The Balaban J connectivity index is 1.98. The highest BCUT2D eigenvalue weighted by atomic mass is 16.7. The Labute approximate surface area is 207 Å². The second-order valence-corrected chi connectivity index (χ2v) is 12.8. The lowest BCUT2D eigenvalue weighted by molar-refractivity contribution is -0.343. The number of rotatable bonds is 12. The lowest BCUT2D eigenvalue weighted by Crippen LogP contribution is -2.70. The van der Waals surface area contributed by atoms with E-state index in [0.29, 0.717) is 18.8 Å². The fourth-order valence-electron chi connectivity index (χ4n) is 7.06. The average Bonchev–Trinajstić information content (AvgIpc) is 2.73. The van der Waals surface area contributed by atoms with Gasteiger partial charge in [-0.1, -0.05) is 48.5 Å². The quantitative estimate of drug-likeness (QED) is 0.247. The largest absolute Gasteiger partial charge is 0.458 e. The maximum atomic E-state index is 13.7. The van der Waals surface area contributed by atoms with Crippen molar-refractivity contribution in [2.75, 3.05) is 14.2 Å². The van der Waals surface area contributed by atoms with Crippen molar-refractivity contribution in [1.29, 1.82) is 0 Å². The van der Waals surface area contributed by atoms with Gasteiger partial charge in [0.25, 0.3) is 0 Å². The minimum absolute atomic E-state index is 0.0865. The second-order valence-electron chi connectivity index (χ2n) is 12.8. The minimum Gasteiger partial charge on any atom is -0.458 e. The third kappa shape index (κ3) is 5.21. The first kappa shape index (κ1) is 27.9. The van der Waals surface area contributed by atoms with Gasteiger partial charge in [0, 0.05) is 45.3 Å². The van der Waals surface area contributed by atoms with Crippen LogP contribution in [-0.4, -0.2) is 49.6 Å². The van der Waals surface area contributed by atoms with Gasteiger partial charge in [-0.2, -0.15) is 0 Å². The average molecular weight is 483 g/mol. The molecule has 0 aliphatic heterocycles. The molecule has 4 saturated carbocycles. The van der Waals surface area contributed by atoms with E-state index in [-0.39, 0.29) is 36.3 Å². The summed E-state index contributed by atoms with van der Waals surface area (Å²) in [6.45, 7) is 16.8. The van der Waals surface area contributed by atoms with Crippen LogP contribution in [0.4, 0.5) is 0 Å². The van der Waals surface area contributed by atoms with Crippen LogP contribution >= 0.6 is 0 Å². The molecule has 5 unspecified atom stereocenters. The fraction of sp³-hybridized carbons (Fsp3) is 0.964. The molecule has 4 fully saturated rings. The van der Waals surface area contributed by atoms with Gasteiger partial charge in [-0.25, -0.2) is 0 Å². The summed E-state index contributed by atoms with van der Waals surface area (Å²) in [6.07, 6.45) is 5.13. The van der Waals surface area contributed by atoms with Crippen LogP contribution in [0.2, 0.25) is 0 Å². The van der Waals surface area contributed by atoms with Crippen molar-refractivity contribution < 1.29 is 28.5 Å². The van der Waals surface area contributed by atoms with E-state index in [4.69, 9.17) is 23.7 Å². The molecule has 198 valence electrons. The summed E-state index contributed by atoms with van der Waals surface area (Å²) in [7, 11) is 3.42. The Hall–Kier alpha value is -0.690. The molecule has 0 aromatic rings. The lowest BCUT2D eigenvalue weighted by atomic mass is 9.50. The maximum absolute atomic E-state index is 13.7. The zero-order valence-electron chi connectivity index (χ0n) is 23.4. The summed E-state index contributed by atoms with van der Waals surface area (Å²) < 4.78 is 31.7. The topological polar surface area (TPSA) is 63.2 Å². The molecule has 0 heterocycles. The summed E-state index contributed by atoms with van der Waals surface area (Å²) in [4.78, 5) is 13.7. The second kappa shape index (κ2) is 9.99. The van der Waals surface area contributed by atoms with Crippen molar-refractivity contribution in [1.82, 2.24) is 0 Å². The SMILES string of the molecule is CCC(C)(C(=O)OC12CC3CC(OC(OC)C(C)C)(C1)CC(OC(OC)C(C)C)(C3)C2)C(C)C. The molecular weight excluding hydrogens is 432 g/mol. The first-order chi connectivity index (χ1) is 15.8. The van der Waals surface area contributed by atoms with Crippen molar-refractivity contribution in [3.8, 4) is 0 Å². The Bertz CT molecular complexity index is 684. The number of hydrogen-bond acceptors (Lipinski definition) is 6. The van der Waals surface area contributed by atoms with Gasteiger partial charge in [0.1, 0.15) is 5.60 Å². The highest BCUT2D eigenvalue weighted by Gasteiger charge is 2.68. The Kier molecular flexibility index (Phi) is 8.19. The molecule has 0 aromatic heterocycles. The van der Waals surface area contributed by atoms with E-state index in [2.05, 4.69) is 48.5 Å². The van der Waals surface area contributed by atoms with Gasteiger partial charge in [0.05, 0.1) is 16.6 Å². The van der Waals surface area contributed by atoms with E-state index < -0.39 is 22.2 Å². The molecule has 0 amide bonds. The van der Waals surface area contributed by atoms with Gasteiger partial charge < -0.3 is 23.7 Å². The van der Waals surface area contributed by atoms with Gasteiger partial charge in [-0.15, -0.1) is 0 Å². The van der Waals surface area contributed by atoms with Crippen LogP contribution in [0, 0.1) is 29.1 Å². The zero-order valence-corrected chi connectivity index (χ0v) is 23.4. The fourth-order valence-corrected chi connectivity index (χ4v) is 7.06. The van der Waals surface area contributed by atoms with Crippen LogP contribution in [0.3, 0.4) is 0 Å². The molecule has 4 aliphatic rings. The molecule has 0 saturated heterocycles. The Morgan fingerprint density at radius 2 is 1.24 bits per heavy atom. The monoisotopic (exact) mass is 482 g/mol. The Morgan fingerprint density at radius 1 is 0.824 bits per heavy atom. The number of carbonyl (C=O) groups excluding carboxylic acids is 1. The van der Waals surface area contributed by atoms with E-state index in [1.54, 1.807) is 14.2 Å². The first-order valence-corrected chi connectivity index (χ1v) is 13.4. The molecule has 5 atom stereocenters.